The third-order valence-electron chi connectivity index (χ3n) is 7.12. The van der Waals surface area contributed by atoms with E-state index >= 15 is 0 Å². The fraction of sp³-hybridized carbons (Fsp3) is 0.593. The molecule has 13 heteroatoms. The zero-order chi connectivity index (χ0) is 29.2. The van der Waals surface area contributed by atoms with E-state index < -0.39 is 35.5 Å². The molecule has 0 spiro atoms. The van der Waals surface area contributed by atoms with Crippen LogP contribution in [0, 0.1) is 0 Å². The summed E-state index contributed by atoms with van der Waals surface area (Å²) in [6.45, 7) is 7.46. The van der Waals surface area contributed by atoms with Gasteiger partial charge in [-0.05, 0) is 64.7 Å². The number of carbonyl (C=O) groups excluding carboxylic acids is 3. The van der Waals surface area contributed by atoms with Crippen LogP contribution in [0.3, 0.4) is 0 Å². The van der Waals surface area contributed by atoms with Gasteiger partial charge in [0.15, 0.2) is 0 Å². The minimum Gasteiger partial charge on any atom is -0.444 e. The molecule has 3 amide bonds. The molecular weight excluding hydrogens is 529 g/mol. The number of amides is 3. The number of halogens is 3. The topological polar surface area (TPSA) is 126 Å². The van der Waals surface area contributed by atoms with Crippen molar-refractivity contribution in [1.82, 2.24) is 25.5 Å². The Kier molecular flexibility index (Phi) is 8.41. The first-order valence-electron chi connectivity index (χ1n) is 13.4. The number of likely N-dealkylation sites (tertiary alicyclic amines) is 1. The molecule has 1 saturated heterocycles. The summed E-state index contributed by atoms with van der Waals surface area (Å²) in [6.07, 6.45) is -1.60. The zero-order valence-electron chi connectivity index (χ0n) is 23.0. The molecule has 40 heavy (non-hydrogen) atoms. The Bertz CT molecular complexity index is 1270. The van der Waals surface area contributed by atoms with E-state index in [0.29, 0.717) is 37.7 Å². The molecule has 1 saturated carbocycles. The Hall–Kier alpha value is -3.64. The number of fused-ring (bicyclic) bond motifs is 1. The van der Waals surface area contributed by atoms with Crippen LogP contribution in [0.15, 0.2) is 24.5 Å². The van der Waals surface area contributed by atoms with E-state index in [-0.39, 0.29) is 41.5 Å². The highest BCUT2D eigenvalue weighted by molar-refractivity contribution is 5.93. The number of alkyl carbamates (subject to hydrolysis) is 1. The molecule has 2 heterocycles. The standard InChI is InChI=1S/C27H35F3N6O4/c1-5-22(37)34-20-13-16(33-25(39)40-26(2,3)4)7-9-21(20)36-11-10-19(24(36)38)35-23-17-12-15(27(28,29)30)6-8-18(17)31-14-32-23/h6,8,12,14,16,19-21H,5,7,9-11,13H2,1-4H3,(H,33,39)(H,34,37)(H,31,32,35)/t16-,19+,20-,21+/m1/s1. The van der Waals surface area contributed by atoms with Crippen LogP contribution >= 0.6 is 0 Å². The average molecular weight is 565 g/mol. The second-order valence-corrected chi connectivity index (χ2v) is 11.2. The minimum absolute atomic E-state index is 0.150. The average Bonchev–Trinajstić information content (AvgIpc) is 3.22. The van der Waals surface area contributed by atoms with Gasteiger partial charge >= 0.3 is 12.3 Å². The third kappa shape index (κ3) is 6.92. The second-order valence-electron chi connectivity index (χ2n) is 11.2. The number of ether oxygens (including phenoxy) is 1. The van der Waals surface area contributed by atoms with Gasteiger partial charge in [0.05, 0.1) is 23.2 Å². The van der Waals surface area contributed by atoms with Crippen molar-refractivity contribution < 1.29 is 32.3 Å². The molecule has 1 aromatic heterocycles. The van der Waals surface area contributed by atoms with Gasteiger partial charge in [-0.15, -0.1) is 0 Å². The Morgan fingerprint density at radius 3 is 2.52 bits per heavy atom. The van der Waals surface area contributed by atoms with Crippen LogP contribution in [0.2, 0.25) is 0 Å². The molecule has 2 aliphatic rings. The summed E-state index contributed by atoms with van der Waals surface area (Å²) in [5.41, 5.74) is -1.15. The molecule has 4 atom stereocenters. The summed E-state index contributed by atoms with van der Waals surface area (Å²) in [5.74, 6) is -0.238. The van der Waals surface area contributed by atoms with E-state index in [2.05, 4.69) is 25.9 Å². The molecule has 2 fully saturated rings. The first kappa shape index (κ1) is 29.3. The van der Waals surface area contributed by atoms with Crippen molar-refractivity contribution in [1.29, 1.82) is 0 Å². The molecule has 4 rings (SSSR count). The third-order valence-corrected chi connectivity index (χ3v) is 7.12. The SMILES string of the molecule is CCC(=O)N[C@@H]1C[C@H](NC(=O)OC(C)(C)C)CC[C@@H]1N1CC[C@H](Nc2ncnc3ccc(C(F)(F)F)cc23)C1=O. The van der Waals surface area contributed by atoms with Crippen molar-refractivity contribution in [3.05, 3.63) is 30.1 Å². The maximum Gasteiger partial charge on any atom is 0.416 e. The highest BCUT2D eigenvalue weighted by Gasteiger charge is 2.43. The van der Waals surface area contributed by atoms with Crippen LogP contribution in [0.1, 0.15) is 65.4 Å². The molecule has 1 aromatic carbocycles. The number of aromatic nitrogens is 2. The fourth-order valence-corrected chi connectivity index (χ4v) is 5.28. The molecule has 2 aromatic rings. The highest BCUT2D eigenvalue weighted by atomic mass is 19.4. The number of nitrogens with zero attached hydrogens (tertiary/aromatic N) is 3. The van der Waals surface area contributed by atoms with Crippen molar-refractivity contribution in [2.75, 3.05) is 11.9 Å². The number of hydrogen-bond donors (Lipinski definition) is 3. The van der Waals surface area contributed by atoms with Crippen LogP contribution in [0.5, 0.6) is 0 Å². The first-order chi connectivity index (χ1) is 18.7. The summed E-state index contributed by atoms with van der Waals surface area (Å²) in [7, 11) is 0. The van der Waals surface area contributed by atoms with Crippen molar-refractivity contribution in [2.24, 2.45) is 0 Å². The summed E-state index contributed by atoms with van der Waals surface area (Å²) in [6, 6.07) is 1.58. The Morgan fingerprint density at radius 1 is 1.10 bits per heavy atom. The fourth-order valence-electron chi connectivity index (χ4n) is 5.28. The number of nitrogens with one attached hydrogen (secondary N) is 3. The molecule has 0 radical (unpaired) electrons. The lowest BCUT2D eigenvalue weighted by Gasteiger charge is -2.41. The van der Waals surface area contributed by atoms with Crippen molar-refractivity contribution in [2.45, 2.75) is 95.7 Å². The normalized spacial score (nSPS) is 23.7. The minimum atomic E-state index is -4.53. The number of benzene rings is 1. The Morgan fingerprint density at radius 2 is 1.85 bits per heavy atom. The maximum absolute atomic E-state index is 13.5. The monoisotopic (exact) mass is 564 g/mol. The summed E-state index contributed by atoms with van der Waals surface area (Å²) < 4.78 is 45.3. The zero-order valence-corrected chi connectivity index (χ0v) is 23.0. The van der Waals surface area contributed by atoms with Gasteiger partial charge in [-0.1, -0.05) is 6.92 Å². The largest absolute Gasteiger partial charge is 0.444 e. The second kappa shape index (κ2) is 11.5. The Balaban J connectivity index is 1.48. The molecule has 0 bridgehead atoms. The van der Waals surface area contributed by atoms with Gasteiger partial charge in [0.2, 0.25) is 11.8 Å². The van der Waals surface area contributed by atoms with Crippen molar-refractivity contribution in [3.8, 4) is 0 Å². The van der Waals surface area contributed by atoms with E-state index in [1.54, 1.807) is 32.6 Å². The van der Waals surface area contributed by atoms with Crippen LogP contribution < -0.4 is 16.0 Å². The summed E-state index contributed by atoms with van der Waals surface area (Å²) >= 11 is 0. The summed E-state index contributed by atoms with van der Waals surface area (Å²) in [4.78, 5) is 48.1. The first-order valence-corrected chi connectivity index (χ1v) is 13.4. The quantitative estimate of drug-likeness (QED) is 0.484. The smallest absolute Gasteiger partial charge is 0.416 e. The number of hydrogen-bond acceptors (Lipinski definition) is 7. The van der Waals surface area contributed by atoms with Gasteiger partial charge in [0.1, 0.15) is 23.8 Å². The van der Waals surface area contributed by atoms with Crippen LogP contribution in [-0.4, -0.2) is 69.1 Å². The van der Waals surface area contributed by atoms with E-state index in [1.807, 2.05) is 0 Å². The molecule has 1 aliphatic heterocycles. The van der Waals surface area contributed by atoms with Gasteiger partial charge in [-0.25, -0.2) is 14.8 Å². The Labute approximate surface area is 230 Å². The molecule has 3 N–H and O–H groups in total. The van der Waals surface area contributed by atoms with Crippen LogP contribution in [-0.2, 0) is 20.5 Å². The number of alkyl halides is 3. The lowest BCUT2D eigenvalue weighted by molar-refractivity contribution is -0.137. The van der Waals surface area contributed by atoms with Gasteiger partial charge < -0.3 is 25.6 Å². The van der Waals surface area contributed by atoms with Crippen molar-refractivity contribution in [3.63, 3.8) is 0 Å². The van der Waals surface area contributed by atoms with Crippen LogP contribution in [0.4, 0.5) is 23.8 Å². The van der Waals surface area contributed by atoms with E-state index in [9.17, 15) is 27.6 Å². The van der Waals surface area contributed by atoms with Gasteiger partial charge in [0, 0.05) is 24.4 Å². The van der Waals surface area contributed by atoms with Crippen LogP contribution in [0.25, 0.3) is 10.9 Å². The van der Waals surface area contributed by atoms with Gasteiger partial charge in [0.25, 0.3) is 0 Å². The molecule has 218 valence electrons. The molecule has 1 aliphatic carbocycles. The lowest BCUT2D eigenvalue weighted by atomic mass is 9.85. The number of anilines is 1. The van der Waals surface area contributed by atoms with E-state index in [1.165, 1.54) is 12.4 Å². The predicted octanol–water partition coefficient (Wildman–Crippen LogP) is 4.00. The maximum atomic E-state index is 13.5. The predicted molar refractivity (Wildman–Crippen MR) is 141 cm³/mol. The number of rotatable bonds is 6. The molecule has 0 unspecified atom stereocenters. The number of carbonyl (C=O) groups is 3. The summed E-state index contributed by atoms with van der Waals surface area (Å²) in [5, 5.41) is 9.08. The van der Waals surface area contributed by atoms with Gasteiger partial charge in [-0.3, -0.25) is 9.59 Å². The molecular formula is C27H35F3N6O4. The molecule has 10 nitrogen and oxygen atoms in total. The van der Waals surface area contributed by atoms with E-state index in [4.69, 9.17) is 4.74 Å². The van der Waals surface area contributed by atoms with E-state index in [0.717, 1.165) is 12.1 Å². The van der Waals surface area contributed by atoms with Crippen molar-refractivity contribution >= 4 is 34.6 Å². The van der Waals surface area contributed by atoms with Gasteiger partial charge in [-0.2, -0.15) is 13.2 Å². The lowest BCUT2D eigenvalue weighted by Crippen LogP contribution is -2.58. The highest BCUT2D eigenvalue weighted by Crippen LogP contribution is 2.34.